The molecule has 0 amide bonds. The Labute approximate surface area is 123 Å². The van der Waals surface area contributed by atoms with Crippen LogP contribution in [0.2, 0.25) is 0 Å². The van der Waals surface area contributed by atoms with Crippen LogP contribution < -0.4 is 4.74 Å². The molecule has 0 spiro atoms. The van der Waals surface area contributed by atoms with E-state index in [1.54, 1.807) is 19.1 Å². The summed E-state index contributed by atoms with van der Waals surface area (Å²) in [5, 5.41) is 18.3. The highest BCUT2D eigenvalue weighted by Crippen LogP contribution is 2.21. The van der Waals surface area contributed by atoms with Gasteiger partial charge in [0.25, 0.3) is 0 Å². The van der Waals surface area contributed by atoms with Gasteiger partial charge in [-0.2, -0.15) is 0 Å². The Balaban J connectivity index is 3.29. The second-order valence-corrected chi connectivity index (χ2v) is 4.23. The van der Waals surface area contributed by atoms with Crippen LogP contribution >= 0.6 is 0 Å². The van der Waals surface area contributed by atoms with Crippen LogP contribution in [0.3, 0.4) is 0 Å². The van der Waals surface area contributed by atoms with Crippen molar-refractivity contribution in [3.05, 3.63) is 35.2 Å². The van der Waals surface area contributed by atoms with E-state index in [-0.39, 0.29) is 29.5 Å². The standard InChI is InChI=1S/C15H20N2O4/c1-4-7-11(18)12(15(19)21-5-2)13(16)10-8-6-9-17-14(10)20-3/h6,8-9,16,18H,4-5,7H2,1-3H3. The van der Waals surface area contributed by atoms with Gasteiger partial charge >= 0.3 is 5.97 Å². The van der Waals surface area contributed by atoms with Gasteiger partial charge in [0.1, 0.15) is 11.3 Å². The van der Waals surface area contributed by atoms with Crippen molar-refractivity contribution in [2.24, 2.45) is 0 Å². The van der Waals surface area contributed by atoms with E-state index in [4.69, 9.17) is 14.9 Å². The molecule has 0 saturated heterocycles. The third-order valence-electron chi connectivity index (χ3n) is 2.74. The third kappa shape index (κ3) is 4.05. The van der Waals surface area contributed by atoms with Gasteiger partial charge in [0.2, 0.25) is 5.88 Å². The molecule has 6 nitrogen and oxygen atoms in total. The van der Waals surface area contributed by atoms with Crippen LogP contribution in [0.1, 0.15) is 32.3 Å². The summed E-state index contributed by atoms with van der Waals surface area (Å²) >= 11 is 0. The van der Waals surface area contributed by atoms with Crippen molar-refractivity contribution in [1.82, 2.24) is 4.98 Å². The van der Waals surface area contributed by atoms with Gasteiger partial charge in [-0.15, -0.1) is 0 Å². The molecule has 0 saturated carbocycles. The highest BCUT2D eigenvalue weighted by Gasteiger charge is 2.24. The van der Waals surface area contributed by atoms with Crippen molar-refractivity contribution in [3.8, 4) is 5.88 Å². The van der Waals surface area contributed by atoms with Gasteiger partial charge in [0.15, 0.2) is 0 Å². The summed E-state index contributed by atoms with van der Waals surface area (Å²) in [5.41, 5.74) is 0.0139. The molecule has 0 aliphatic rings. The molecule has 1 heterocycles. The Morgan fingerprint density at radius 1 is 1.43 bits per heavy atom. The third-order valence-corrected chi connectivity index (χ3v) is 2.74. The minimum absolute atomic E-state index is 0.148. The molecule has 0 atom stereocenters. The Bertz CT molecular complexity index is 552. The molecule has 0 bridgehead atoms. The minimum Gasteiger partial charge on any atom is -0.511 e. The number of hydrogen-bond acceptors (Lipinski definition) is 6. The predicted molar refractivity (Wildman–Crippen MR) is 78.8 cm³/mol. The van der Waals surface area contributed by atoms with Crippen LogP contribution in [-0.2, 0) is 9.53 Å². The number of carbonyl (C=O) groups is 1. The summed E-state index contributed by atoms with van der Waals surface area (Å²) < 4.78 is 10.0. The number of pyridine rings is 1. The lowest BCUT2D eigenvalue weighted by Crippen LogP contribution is -2.19. The normalized spacial score (nSPS) is 11.6. The molecule has 21 heavy (non-hydrogen) atoms. The number of esters is 1. The molecule has 2 N–H and O–H groups in total. The first-order valence-electron chi connectivity index (χ1n) is 6.74. The minimum atomic E-state index is -0.723. The average Bonchev–Trinajstić information content (AvgIpc) is 2.47. The van der Waals surface area contributed by atoms with Gasteiger partial charge in [0, 0.05) is 12.6 Å². The van der Waals surface area contributed by atoms with E-state index >= 15 is 0 Å². The maximum absolute atomic E-state index is 12.0. The predicted octanol–water partition coefficient (Wildman–Crippen LogP) is 2.63. The number of aromatic nitrogens is 1. The Morgan fingerprint density at radius 3 is 2.71 bits per heavy atom. The van der Waals surface area contributed by atoms with Crippen LogP contribution in [0, 0.1) is 5.41 Å². The number of methoxy groups -OCH3 is 1. The summed E-state index contributed by atoms with van der Waals surface area (Å²) in [7, 11) is 1.43. The topological polar surface area (TPSA) is 92.5 Å². The summed E-state index contributed by atoms with van der Waals surface area (Å²) in [6, 6.07) is 3.23. The zero-order valence-corrected chi connectivity index (χ0v) is 12.5. The number of carbonyl (C=O) groups excluding carboxylic acids is 1. The van der Waals surface area contributed by atoms with Gasteiger partial charge in [-0.05, 0) is 25.5 Å². The van der Waals surface area contributed by atoms with E-state index in [9.17, 15) is 9.90 Å². The fourth-order valence-electron chi connectivity index (χ4n) is 1.81. The smallest absolute Gasteiger partial charge is 0.343 e. The van der Waals surface area contributed by atoms with Crippen molar-refractivity contribution >= 4 is 11.7 Å². The molecule has 114 valence electrons. The maximum Gasteiger partial charge on any atom is 0.343 e. The van der Waals surface area contributed by atoms with E-state index in [0.29, 0.717) is 18.4 Å². The van der Waals surface area contributed by atoms with E-state index < -0.39 is 5.97 Å². The second kappa shape index (κ2) is 8.04. The van der Waals surface area contributed by atoms with Gasteiger partial charge < -0.3 is 14.6 Å². The lowest BCUT2D eigenvalue weighted by molar-refractivity contribution is -0.138. The maximum atomic E-state index is 12.0. The number of aliphatic hydroxyl groups excluding tert-OH is 1. The van der Waals surface area contributed by atoms with Gasteiger partial charge in [-0.3, -0.25) is 5.41 Å². The van der Waals surface area contributed by atoms with Crippen molar-refractivity contribution < 1.29 is 19.4 Å². The molecule has 0 aromatic carbocycles. The molecule has 0 unspecified atom stereocenters. The quantitative estimate of drug-likeness (QED) is 0.349. The van der Waals surface area contributed by atoms with E-state index in [1.165, 1.54) is 13.3 Å². The highest BCUT2D eigenvalue weighted by atomic mass is 16.5. The fraction of sp³-hybridized carbons (Fsp3) is 0.400. The molecule has 1 aromatic rings. The van der Waals surface area contributed by atoms with Gasteiger partial charge in [0.05, 0.1) is 25.0 Å². The summed E-state index contributed by atoms with van der Waals surface area (Å²) in [6.45, 7) is 3.70. The van der Waals surface area contributed by atoms with Crippen LogP contribution in [-0.4, -0.2) is 35.5 Å². The number of aliphatic hydroxyl groups is 1. The van der Waals surface area contributed by atoms with Crippen LogP contribution in [0.25, 0.3) is 0 Å². The van der Waals surface area contributed by atoms with Gasteiger partial charge in [-0.1, -0.05) is 6.92 Å². The first-order valence-corrected chi connectivity index (χ1v) is 6.74. The lowest BCUT2D eigenvalue weighted by atomic mass is 10.0. The number of rotatable bonds is 7. The van der Waals surface area contributed by atoms with E-state index in [1.807, 2.05) is 6.92 Å². The molecular formula is C15H20N2O4. The molecule has 0 aliphatic heterocycles. The second-order valence-electron chi connectivity index (χ2n) is 4.23. The van der Waals surface area contributed by atoms with Gasteiger partial charge in [-0.25, -0.2) is 9.78 Å². The number of allylic oxidation sites excluding steroid dienone is 1. The highest BCUT2D eigenvalue weighted by molar-refractivity contribution is 6.26. The van der Waals surface area contributed by atoms with E-state index in [0.717, 1.165) is 0 Å². The zero-order valence-electron chi connectivity index (χ0n) is 12.5. The summed E-state index contributed by atoms with van der Waals surface area (Å²) in [5.74, 6) is -0.667. The summed E-state index contributed by atoms with van der Waals surface area (Å²) in [4.78, 5) is 16.0. The monoisotopic (exact) mass is 292 g/mol. The average molecular weight is 292 g/mol. The number of nitrogens with one attached hydrogen (secondary N) is 1. The number of nitrogens with zero attached hydrogens (tertiary/aromatic N) is 1. The van der Waals surface area contributed by atoms with Crippen LogP contribution in [0.4, 0.5) is 0 Å². The molecule has 0 fully saturated rings. The lowest BCUT2D eigenvalue weighted by Gasteiger charge is -2.13. The molecule has 1 rings (SSSR count). The number of ether oxygens (including phenoxy) is 2. The SMILES string of the molecule is CCCC(O)=C(C(=N)c1cccnc1OC)C(=O)OCC. The summed E-state index contributed by atoms with van der Waals surface area (Å²) in [6.07, 6.45) is 2.46. The Kier molecular flexibility index (Phi) is 6.39. The fourth-order valence-corrected chi connectivity index (χ4v) is 1.81. The molecular weight excluding hydrogens is 272 g/mol. The first-order chi connectivity index (χ1) is 10.1. The molecule has 0 radical (unpaired) electrons. The Morgan fingerprint density at radius 2 is 2.14 bits per heavy atom. The van der Waals surface area contributed by atoms with Crippen molar-refractivity contribution in [2.45, 2.75) is 26.7 Å². The molecule has 6 heteroatoms. The number of hydrogen-bond donors (Lipinski definition) is 2. The van der Waals surface area contributed by atoms with Crippen LogP contribution in [0.15, 0.2) is 29.7 Å². The first kappa shape index (κ1) is 16.7. The Hall–Kier alpha value is -2.37. The molecule has 1 aromatic heterocycles. The van der Waals surface area contributed by atoms with Crippen LogP contribution in [0.5, 0.6) is 5.88 Å². The largest absolute Gasteiger partial charge is 0.511 e. The van der Waals surface area contributed by atoms with Crippen molar-refractivity contribution in [1.29, 1.82) is 5.41 Å². The van der Waals surface area contributed by atoms with Crippen molar-refractivity contribution in [2.75, 3.05) is 13.7 Å². The van der Waals surface area contributed by atoms with Crippen molar-refractivity contribution in [3.63, 3.8) is 0 Å². The zero-order chi connectivity index (χ0) is 15.8. The molecule has 0 aliphatic carbocycles. The van der Waals surface area contributed by atoms with E-state index in [2.05, 4.69) is 4.98 Å².